The molecule has 0 aliphatic carbocycles. The monoisotopic (exact) mass is 223 g/mol. The highest BCUT2D eigenvalue weighted by Crippen LogP contribution is 2.14. The van der Waals surface area contributed by atoms with Crippen molar-refractivity contribution in [3.8, 4) is 0 Å². The summed E-state index contributed by atoms with van der Waals surface area (Å²) in [5.74, 6) is -0.766. The summed E-state index contributed by atoms with van der Waals surface area (Å²) in [6, 6.07) is 4.53. The van der Waals surface area contributed by atoms with Crippen molar-refractivity contribution in [2.45, 2.75) is 13.0 Å². The minimum Gasteiger partial charge on any atom is -0.367 e. The second-order valence-electron chi connectivity index (χ2n) is 3.91. The first-order valence-electron chi connectivity index (χ1n) is 5.31. The number of benzene rings is 1. The van der Waals surface area contributed by atoms with Crippen molar-refractivity contribution in [1.82, 2.24) is 5.32 Å². The molecule has 0 aromatic heterocycles. The van der Waals surface area contributed by atoms with Gasteiger partial charge in [-0.1, -0.05) is 11.6 Å². The SMILES string of the molecule is Cc1ccc(F)c(C(=O)C2CNCCO2)c1. The molecule has 0 saturated carbocycles. The normalized spacial score (nSPS) is 20.8. The van der Waals surface area contributed by atoms with E-state index in [0.717, 1.165) is 12.1 Å². The Bertz CT molecular complexity index is 400. The zero-order chi connectivity index (χ0) is 11.5. The topological polar surface area (TPSA) is 38.3 Å². The lowest BCUT2D eigenvalue weighted by Gasteiger charge is -2.22. The third-order valence-electron chi connectivity index (χ3n) is 2.61. The number of ketones is 1. The number of hydrogen-bond acceptors (Lipinski definition) is 3. The van der Waals surface area contributed by atoms with Crippen LogP contribution in [0.25, 0.3) is 0 Å². The maximum atomic E-state index is 13.5. The maximum absolute atomic E-state index is 13.5. The second kappa shape index (κ2) is 4.72. The Hall–Kier alpha value is -1.26. The molecule has 1 aliphatic rings. The summed E-state index contributed by atoms with van der Waals surface area (Å²) in [5, 5.41) is 3.05. The molecule has 1 fully saturated rings. The van der Waals surface area contributed by atoms with E-state index in [-0.39, 0.29) is 11.3 Å². The predicted octanol–water partition coefficient (Wildman–Crippen LogP) is 1.31. The summed E-state index contributed by atoms with van der Waals surface area (Å²) in [6.07, 6.45) is -0.565. The van der Waals surface area contributed by atoms with Gasteiger partial charge in [0.2, 0.25) is 0 Å². The molecule has 2 rings (SSSR count). The first-order chi connectivity index (χ1) is 7.68. The molecular weight excluding hydrogens is 209 g/mol. The smallest absolute Gasteiger partial charge is 0.195 e. The van der Waals surface area contributed by atoms with Crippen molar-refractivity contribution in [3.63, 3.8) is 0 Å². The van der Waals surface area contributed by atoms with Crippen molar-refractivity contribution < 1.29 is 13.9 Å². The lowest BCUT2D eigenvalue weighted by Crippen LogP contribution is -2.43. The largest absolute Gasteiger partial charge is 0.367 e. The van der Waals surface area contributed by atoms with Crippen LogP contribution in [0.2, 0.25) is 0 Å². The van der Waals surface area contributed by atoms with Gasteiger partial charge in [-0.15, -0.1) is 0 Å². The molecule has 0 bridgehead atoms. The van der Waals surface area contributed by atoms with Gasteiger partial charge in [0.25, 0.3) is 0 Å². The van der Waals surface area contributed by atoms with E-state index in [1.165, 1.54) is 6.07 Å². The van der Waals surface area contributed by atoms with Crippen molar-refractivity contribution in [3.05, 3.63) is 35.1 Å². The summed E-state index contributed by atoms with van der Waals surface area (Å²) in [6.45, 7) is 3.51. The highest BCUT2D eigenvalue weighted by Gasteiger charge is 2.25. The number of Topliss-reactive ketones (excluding diaryl/α,β-unsaturated/α-hetero) is 1. The van der Waals surface area contributed by atoms with Crippen molar-refractivity contribution >= 4 is 5.78 Å². The molecular formula is C12H14FNO2. The lowest BCUT2D eigenvalue weighted by molar-refractivity contribution is 0.0266. The lowest BCUT2D eigenvalue weighted by atomic mass is 10.0. The van der Waals surface area contributed by atoms with Gasteiger partial charge in [-0.25, -0.2) is 4.39 Å². The first-order valence-corrected chi connectivity index (χ1v) is 5.31. The first kappa shape index (κ1) is 11.2. The second-order valence-corrected chi connectivity index (χ2v) is 3.91. The molecule has 1 N–H and O–H groups in total. The number of carbonyl (C=O) groups excluding carboxylic acids is 1. The van der Waals surface area contributed by atoms with E-state index in [1.807, 2.05) is 6.92 Å². The van der Waals surface area contributed by atoms with Crippen LogP contribution in [0.3, 0.4) is 0 Å². The van der Waals surface area contributed by atoms with Crippen molar-refractivity contribution in [2.24, 2.45) is 0 Å². The molecule has 1 saturated heterocycles. The Morgan fingerprint density at radius 2 is 2.38 bits per heavy atom. The van der Waals surface area contributed by atoms with Crippen molar-refractivity contribution in [2.75, 3.05) is 19.7 Å². The Balaban J connectivity index is 2.22. The standard InChI is InChI=1S/C12H14FNO2/c1-8-2-3-10(13)9(6-8)12(15)11-7-14-4-5-16-11/h2-3,6,11,14H,4-5,7H2,1H3. The van der Waals surface area contributed by atoms with Crippen LogP contribution in [0.5, 0.6) is 0 Å². The summed E-state index contributed by atoms with van der Waals surface area (Å²) in [5.41, 5.74) is 0.988. The van der Waals surface area contributed by atoms with Gasteiger partial charge in [-0.2, -0.15) is 0 Å². The van der Waals surface area contributed by atoms with Crippen LogP contribution in [-0.2, 0) is 4.74 Å². The molecule has 0 radical (unpaired) electrons. The Labute approximate surface area is 93.6 Å². The van der Waals surface area contributed by atoms with E-state index in [1.54, 1.807) is 12.1 Å². The number of carbonyl (C=O) groups is 1. The minimum atomic E-state index is -0.565. The van der Waals surface area contributed by atoms with Crippen LogP contribution in [0.4, 0.5) is 4.39 Å². The van der Waals surface area contributed by atoms with Gasteiger partial charge in [0.05, 0.1) is 12.2 Å². The number of halogens is 1. The summed E-state index contributed by atoms with van der Waals surface area (Å²) >= 11 is 0. The summed E-state index contributed by atoms with van der Waals surface area (Å²) < 4.78 is 18.8. The zero-order valence-corrected chi connectivity index (χ0v) is 9.13. The third kappa shape index (κ3) is 2.28. The Kier molecular flexibility index (Phi) is 3.31. The number of nitrogens with one attached hydrogen (secondary N) is 1. The molecule has 3 nitrogen and oxygen atoms in total. The number of aryl methyl sites for hydroxylation is 1. The molecule has 1 unspecified atom stereocenters. The van der Waals surface area contributed by atoms with Crippen molar-refractivity contribution in [1.29, 1.82) is 0 Å². The Morgan fingerprint density at radius 3 is 3.06 bits per heavy atom. The number of rotatable bonds is 2. The van der Waals surface area contributed by atoms with E-state index in [2.05, 4.69) is 5.32 Å². The van der Waals surface area contributed by atoms with E-state index in [0.29, 0.717) is 13.2 Å². The van der Waals surface area contributed by atoms with Gasteiger partial charge in [0, 0.05) is 13.1 Å². The third-order valence-corrected chi connectivity index (χ3v) is 2.61. The fourth-order valence-electron chi connectivity index (χ4n) is 1.74. The molecule has 0 amide bonds. The predicted molar refractivity (Wildman–Crippen MR) is 58.1 cm³/mol. The summed E-state index contributed by atoms with van der Waals surface area (Å²) in [4.78, 5) is 12.0. The van der Waals surface area contributed by atoms with E-state index < -0.39 is 11.9 Å². The molecule has 1 heterocycles. The van der Waals surface area contributed by atoms with Gasteiger partial charge in [-0.05, 0) is 19.1 Å². The quantitative estimate of drug-likeness (QED) is 0.768. The zero-order valence-electron chi connectivity index (χ0n) is 9.13. The van der Waals surface area contributed by atoms with Crippen LogP contribution in [0.15, 0.2) is 18.2 Å². The highest BCUT2D eigenvalue weighted by atomic mass is 19.1. The molecule has 16 heavy (non-hydrogen) atoms. The van der Waals surface area contributed by atoms with Crippen LogP contribution in [0.1, 0.15) is 15.9 Å². The van der Waals surface area contributed by atoms with Crippen LogP contribution in [0, 0.1) is 12.7 Å². The van der Waals surface area contributed by atoms with Crippen LogP contribution < -0.4 is 5.32 Å². The van der Waals surface area contributed by atoms with Crippen LogP contribution in [-0.4, -0.2) is 31.6 Å². The fourth-order valence-corrected chi connectivity index (χ4v) is 1.74. The molecule has 4 heteroatoms. The highest BCUT2D eigenvalue weighted by molar-refractivity contribution is 6.00. The number of hydrogen-bond donors (Lipinski definition) is 1. The molecule has 1 aromatic carbocycles. The summed E-state index contributed by atoms with van der Waals surface area (Å²) in [7, 11) is 0. The fraction of sp³-hybridized carbons (Fsp3) is 0.417. The van der Waals surface area contributed by atoms with Gasteiger partial charge in [-0.3, -0.25) is 4.79 Å². The Morgan fingerprint density at radius 1 is 1.56 bits per heavy atom. The molecule has 86 valence electrons. The molecule has 1 atom stereocenters. The average Bonchev–Trinajstić information content (AvgIpc) is 2.32. The van der Waals surface area contributed by atoms with E-state index >= 15 is 0 Å². The van der Waals surface area contributed by atoms with Crippen LogP contribution >= 0.6 is 0 Å². The molecule has 1 aromatic rings. The van der Waals surface area contributed by atoms with Gasteiger partial charge in [0.1, 0.15) is 11.9 Å². The van der Waals surface area contributed by atoms with E-state index in [9.17, 15) is 9.18 Å². The van der Waals surface area contributed by atoms with Gasteiger partial charge in [0.15, 0.2) is 5.78 Å². The minimum absolute atomic E-state index is 0.119. The maximum Gasteiger partial charge on any atom is 0.195 e. The van der Waals surface area contributed by atoms with Gasteiger partial charge < -0.3 is 10.1 Å². The van der Waals surface area contributed by atoms with E-state index in [4.69, 9.17) is 4.74 Å². The molecule has 1 aliphatic heterocycles. The molecule has 0 spiro atoms. The number of morpholine rings is 1. The average molecular weight is 223 g/mol. The number of ether oxygens (including phenoxy) is 1. The van der Waals surface area contributed by atoms with Gasteiger partial charge >= 0.3 is 0 Å².